The number of carbonyl (C=O) groups is 2. The van der Waals surface area contributed by atoms with Gasteiger partial charge in [-0.1, -0.05) is 0 Å². The van der Waals surface area contributed by atoms with Gasteiger partial charge in [0.05, 0.1) is 6.10 Å². The fourth-order valence-electron chi connectivity index (χ4n) is 1.97. The molecule has 0 aliphatic rings. The maximum Gasteiger partial charge on any atom is 0.410 e. The third-order valence-corrected chi connectivity index (χ3v) is 2.97. The number of hydrogen-bond donors (Lipinski definition) is 2. The highest BCUT2D eigenvalue weighted by molar-refractivity contribution is 5.68. The molecule has 2 amide bonds. The molecule has 2 N–H and O–H groups in total. The number of nitrogens with one attached hydrogen (secondary N) is 1. The molecular weight excluding hydrogens is 324 g/mol. The quantitative estimate of drug-likeness (QED) is 0.649. The number of aliphatic hydroxyl groups excluding tert-OH is 1. The third-order valence-electron chi connectivity index (χ3n) is 2.97. The van der Waals surface area contributed by atoms with Crippen molar-refractivity contribution in [3.63, 3.8) is 0 Å². The Morgan fingerprint density at radius 1 is 1.00 bits per heavy atom. The van der Waals surface area contributed by atoms with E-state index in [0.29, 0.717) is 38.9 Å². The summed E-state index contributed by atoms with van der Waals surface area (Å²) in [6, 6.07) is 0. The normalized spacial score (nSPS) is 13.1. The fourth-order valence-corrected chi connectivity index (χ4v) is 1.97. The standard InChI is InChI=1S/C18H36N2O5/c1-14(21)10-8-12-20(16(23)25-18(5,6)7)13-9-11-19-15(22)24-17(2,3)4/h14,21H,8-13H2,1-7H3,(H,19,22). The summed E-state index contributed by atoms with van der Waals surface area (Å²) >= 11 is 0. The Kier molecular flexibility index (Phi) is 9.85. The average molecular weight is 360 g/mol. The first-order valence-corrected chi connectivity index (χ1v) is 8.93. The highest BCUT2D eigenvalue weighted by atomic mass is 16.6. The minimum Gasteiger partial charge on any atom is -0.444 e. The van der Waals surface area contributed by atoms with Crippen LogP contribution in [-0.4, -0.2) is 59.1 Å². The molecule has 0 fully saturated rings. The van der Waals surface area contributed by atoms with Crippen LogP contribution in [0, 0.1) is 0 Å². The summed E-state index contributed by atoms with van der Waals surface area (Å²) < 4.78 is 10.6. The number of ether oxygens (including phenoxy) is 2. The number of hydrogen-bond acceptors (Lipinski definition) is 5. The van der Waals surface area contributed by atoms with Crippen molar-refractivity contribution in [3.8, 4) is 0 Å². The first-order valence-electron chi connectivity index (χ1n) is 8.93. The van der Waals surface area contributed by atoms with E-state index in [2.05, 4.69) is 5.32 Å². The van der Waals surface area contributed by atoms with Gasteiger partial charge in [-0.3, -0.25) is 0 Å². The van der Waals surface area contributed by atoms with Gasteiger partial charge in [0, 0.05) is 19.6 Å². The number of amides is 2. The van der Waals surface area contributed by atoms with Crippen LogP contribution in [-0.2, 0) is 9.47 Å². The van der Waals surface area contributed by atoms with E-state index in [1.165, 1.54) is 0 Å². The Morgan fingerprint density at radius 2 is 1.52 bits per heavy atom. The van der Waals surface area contributed by atoms with Crippen LogP contribution in [0.2, 0.25) is 0 Å². The molecule has 148 valence electrons. The molecule has 0 aliphatic carbocycles. The molecule has 1 atom stereocenters. The first-order chi connectivity index (χ1) is 11.3. The lowest BCUT2D eigenvalue weighted by Gasteiger charge is -2.27. The van der Waals surface area contributed by atoms with Crippen molar-refractivity contribution in [1.82, 2.24) is 10.2 Å². The zero-order valence-corrected chi connectivity index (χ0v) is 16.8. The maximum absolute atomic E-state index is 12.3. The van der Waals surface area contributed by atoms with E-state index in [0.717, 1.165) is 0 Å². The van der Waals surface area contributed by atoms with Crippen molar-refractivity contribution in [1.29, 1.82) is 0 Å². The molecule has 0 spiro atoms. The number of alkyl carbamates (subject to hydrolysis) is 1. The van der Waals surface area contributed by atoms with Crippen molar-refractivity contribution in [3.05, 3.63) is 0 Å². The van der Waals surface area contributed by atoms with Crippen molar-refractivity contribution >= 4 is 12.2 Å². The molecular formula is C18H36N2O5. The van der Waals surface area contributed by atoms with E-state index in [-0.39, 0.29) is 6.09 Å². The molecule has 0 saturated heterocycles. The van der Waals surface area contributed by atoms with E-state index in [1.807, 2.05) is 20.8 Å². The van der Waals surface area contributed by atoms with Gasteiger partial charge in [0.2, 0.25) is 0 Å². The molecule has 0 bridgehead atoms. The summed E-state index contributed by atoms with van der Waals surface area (Å²) in [5, 5.41) is 12.0. The van der Waals surface area contributed by atoms with Gasteiger partial charge in [-0.05, 0) is 67.7 Å². The molecule has 0 rings (SSSR count). The molecule has 1 unspecified atom stereocenters. The molecule has 7 heteroatoms. The van der Waals surface area contributed by atoms with Crippen LogP contribution in [0.15, 0.2) is 0 Å². The molecule has 0 aliphatic heterocycles. The minimum absolute atomic E-state index is 0.379. The van der Waals surface area contributed by atoms with Crippen molar-refractivity contribution in [2.75, 3.05) is 19.6 Å². The van der Waals surface area contributed by atoms with Crippen molar-refractivity contribution < 1.29 is 24.2 Å². The lowest BCUT2D eigenvalue weighted by Crippen LogP contribution is -2.39. The summed E-state index contributed by atoms with van der Waals surface area (Å²) in [6.45, 7) is 14.0. The summed E-state index contributed by atoms with van der Waals surface area (Å²) in [7, 11) is 0. The van der Waals surface area contributed by atoms with Crippen LogP contribution in [0.3, 0.4) is 0 Å². The van der Waals surface area contributed by atoms with Gasteiger partial charge >= 0.3 is 12.2 Å². The van der Waals surface area contributed by atoms with Crippen LogP contribution < -0.4 is 5.32 Å². The number of nitrogens with zero attached hydrogens (tertiary/aromatic N) is 1. The van der Waals surface area contributed by atoms with Crippen molar-refractivity contribution in [2.24, 2.45) is 0 Å². The second-order valence-electron chi connectivity index (χ2n) is 8.24. The Hall–Kier alpha value is -1.50. The molecule has 0 saturated carbocycles. The predicted molar refractivity (Wildman–Crippen MR) is 97.6 cm³/mol. The van der Waals surface area contributed by atoms with E-state index in [9.17, 15) is 14.7 Å². The second kappa shape index (κ2) is 10.5. The van der Waals surface area contributed by atoms with E-state index < -0.39 is 23.4 Å². The van der Waals surface area contributed by atoms with Crippen LogP contribution in [0.25, 0.3) is 0 Å². The van der Waals surface area contributed by atoms with E-state index in [1.54, 1.807) is 32.6 Å². The van der Waals surface area contributed by atoms with Gasteiger partial charge in [0.1, 0.15) is 11.2 Å². The monoisotopic (exact) mass is 360 g/mol. The zero-order chi connectivity index (χ0) is 19.7. The Labute approximate surface area is 152 Å². The summed E-state index contributed by atoms with van der Waals surface area (Å²) in [6.07, 6.45) is 0.661. The Bertz CT molecular complexity index is 411. The van der Waals surface area contributed by atoms with E-state index in [4.69, 9.17) is 9.47 Å². The average Bonchev–Trinajstić information content (AvgIpc) is 2.36. The molecule has 0 aromatic carbocycles. The third kappa shape index (κ3) is 14.5. The first kappa shape index (κ1) is 23.5. The van der Waals surface area contributed by atoms with Gasteiger partial charge in [0.15, 0.2) is 0 Å². The van der Waals surface area contributed by atoms with Gasteiger partial charge < -0.3 is 24.8 Å². The minimum atomic E-state index is -0.561. The van der Waals surface area contributed by atoms with Crippen molar-refractivity contribution in [2.45, 2.75) is 85.0 Å². The highest BCUT2D eigenvalue weighted by Crippen LogP contribution is 2.11. The van der Waals surface area contributed by atoms with E-state index >= 15 is 0 Å². The molecule has 0 aromatic rings. The number of rotatable bonds is 8. The van der Waals surface area contributed by atoms with Crippen LogP contribution in [0.4, 0.5) is 9.59 Å². The second-order valence-corrected chi connectivity index (χ2v) is 8.24. The number of carbonyl (C=O) groups excluding carboxylic acids is 2. The Balaban J connectivity index is 4.38. The van der Waals surface area contributed by atoms with Crippen LogP contribution in [0.1, 0.15) is 67.7 Å². The fraction of sp³-hybridized carbons (Fsp3) is 0.889. The van der Waals surface area contributed by atoms with Gasteiger partial charge in [0.25, 0.3) is 0 Å². The summed E-state index contributed by atoms with van der Waals surface area (Å²) in [5.41, 5.74) is -1.10. The molecule has 7 nitrogen and oxygen atoms in total. The van der Waals surface area contributed by atoms with Gasteiger partial charge in [-0.15, -0.1) is 0 Å². The topological polar surface area (TPSA) is 88.1 Å². The SMILES string of the molecule is CC(O)CCCN(CCCNC(=O)OC(C)(C)C)C(=O)OC(C)(C)C. The number of aliphatic hydroxyl groups is 1. The molecule has 0 aromatic heterocycles. The largest absolute Gasteiger partial charge is 0.444 e. The molecule has 0 heterocycles. The summed E-state index contributed by atoms with van der Waals surface area (Å²) in [5.74, 6) is 0. The molecule has 0 radical (unpaired) electrons. The lowest BCUT2D eigenvalue weighted by atomic mass is 10.2. The maximum atomic E-state index is 12.3. The lowest BCUT2D eigenvalue weighted by molar-refractivity contribution is 0.0237. The van der Waals surface area contributed by atoms with Crippen LogP contribution in [0.5, 0.6) is 0 Å². The van der Waals surface area contributed by atoms with Gasteiger partial charge in [-0.25, -0.2) is 9.59 Å². The Morgan fingerprint density at radius 3 is 2.00 bits per heavy atom. The summed E-state index contributed by atoms with van der Waals surface area (Å²) in [4.78, 5) is 25.5. The smallest absolute Gasteiger partial charge is 0.410 e. The van der Waals surface area contributed by atoms with Gasteiger partial charge in [-0.2, -0.15) is 0 Å². The highest BCUT2D eigenvalue weighted by Gasteiger charge is 2.22. The zero-order valence-electron chi connectivity index (χ0n) is 16.8. The predicted octanol–water partition coefficient (Wildman–Crippen LogP) is 3.30. The van der Waals surface area contributed by atoms with Crippen LogP contribution >= 0.6 is 0 Å². The molecule has 25 heavy (non-hydrogen) atoms.